The molecule has 2 rings (SSSR count). The van der Waals surface area contributed by atoms with E-state index in [0.29, 0.717) is 0 Å². The number of aliphatic imine (C=N–C) groups is 1. The molecule has 1 amide bonds. The predicted octanol–water partition coefficient (Wildman–Crippen LogP) is 1.60. The van der Waals surface area contributed by atoms with Crippen LogP contribution >= 0.6 is 11.8 Å². The van der Waals surface area contributed by atoms with Crippen molar-refractivity contribution in [2.24, 2.45) is 4.99 Å². The maximum absolute atomic E-state index is 11.2. The molecule has 0 radical (unpaired) electrons. The zero-order valence-corrected chi connectivity index (χ0v) is 6.49. The molecule has 0 aromatic carbocycles. The Morgan fingerprint density at radius 1 is 1.50 bits per heavy atom. The smallest absolute Gasteiger partial charge is 0.262 e. The summed E-state index contributed by atoms with van der Waals surface area (Å²) in [5, 5.41) is 0. The maximum Gasteiger partial charge on any atom is 0.262 e. The fourth-order valence-electron chi connectivity index (χ4n) is 1.62. The average molecular weight is 155 g/mol. The summed E-state index contributed by atoms with van der Waals surface area (Å²) in [5.74, 6) is 0.106. The highest BCUT2D eigenvalue weighted by Gasteiger charge is 2.43. The van der Waals surface area contributed by atoms with Crippen LogP contribution in [0.5, 0.6) is 0 Å². The third kappa shape index (κ3) is 0.732. The Morgan fingerprint density at radius 3 is 2.70 bits per heavy atom. The minimum Gasteiger partial charge on any atom is -0.271 e. The summed E-state index contributed by atoms with van der Waals surface area (Å²) < 4.78 is -0.0972. The highest BCUT2D eigenvalue weighted by Crippen LogP contribution is 2.44. The van der Waals surface area contributed by atoms with Crippen LogP contribution < -0.4 is 0 Å². The summed E-state index contributed by atoms with van der Waals surface area (Å²) in [4.78, 5) is 15.0. The molecule has 1 aliphatic carbocycles. The predicted molar refractivity (Wildman–Crippen MR) is 42.3 cm³/mol. The van der Waals surface area contributed by atoms with Gasteiger partial charge in [-0.25, -0.2) is 4.99 Å². The van der Waals surface area contributed by atoms with E-state index in [9.17, 15) is 4.79 Å². The van der Waals surface area contributed by atoms with E-state index in [2.05, 4.69) is 4.99 Å². The first-order valence-electron chi connectivity index (χ1n) is 3.58. The van der Waals surface area contributed by atoms with E-state index in [-0.39, 0.29) is 10.7 Å². The number of nitrogens with zero attached hydrogens (tertiary/aromatic N) is 1. The number of carbonyl (C=O) groups excluding carboxylic acids is 1. The molecule has 3 heteroatoms. The molecule has 0 aromatic heterocycles. The van der Waals surface area contributed by atoms with Gasteiger partial charge >= 0.3 is 0 Å². The van der Waals surface area contributed by atoms with Gasteiger partial charge in [-0.1, -0.05) is 24.6 Å². The van der Waals surface area contributed by atoms with E-state index >= 15 is 0 Å². The molecule has 1 spiro atoms. The maximum atomic E-state index is 11.2. The summed E-state index contributed by atoms with van der Waals surface area (Å²) in [6, 6.07) is 0. The molecular weight excluding hydrogens is 146 g/mol. The Balaban J connectivity index is 2.23. The lowest BCUT2D eigenvalue weighted by Gasteiger charge is -2.15. The van der Waals surface area contributed by atoms with Crippen LogP contribution in [0.15, 0.2) is 4.99 Å². The van der Waals surface area contributed by atoms with Crippen molar-refractivity contribution in [1.82, 2.24) is 0 Å². The SMILES string of the molecule is O=C1N=CSC12CCCC2. The molecule has 1 saturated carbocycles. The minimum absolute atomic E-state index is 0.0972. The molecule has 54 valence electrons. The average Bonchev–Trinajstić information content (AvgIpc) is 2.48. The van der Waals surface area contributed by atoms with Crippen LogP contribution in [-0.2, 0) is 4.79 Å². The van der Waals surface area contributed by atoms with Crippen molar-refractivity contribution in [3.8, 4) is 0 Å². The molecule has 0 unspecified atom stereocenters. The Labute approximate surface area is 64.1 Å². The molecule has 1 aliphatic heterocycles. The molecule has 0 atom stereocenters. The number of hydrogen-bond acceptors (Lipinski definition) is 2. The van der Waals surface area contributed by atoms with Gasteiger partial charge in [0.1, 0.15) is 4.75 Å². The number of carbonyl (C=O) groups is 1. The third-order valence-electron chi connectivity index (χ3n) is 2.25. The first kappa shape index (κ1) is 6.40. The van der Waals surface area contributed by atoms with E-state index in [4.69, 9.17) is 0 Å². The molecule has 0 bridgehead atoms. The Morgan fingerprint density at radius 2 is 2.20 bits per heavy atom. The highest BCUT2D eigenvalue weighted by atomic mass is 32.2. The summed E-state index contributed by atoms with van der Waals surface area (Å²) in [6.07, 6.45) is 4.47. The summed E-state index contributed by atoms with van der Waals surface area (Å²) in [6.45, 7) is 0. The molecule has 0 saturated heterocycles. The first-order valence-corrected chi connectivity index (χ1v) is 4.46. The van der Waals surface area contributed by atoms with E-state index in [0.717, 1.165) is 12.8 Å². The van der Waals surface area contributed by atoms with E-state index in [1.54, 1.807) is 17.3 Å². The van der Waals surface area contributed by atoms with Gasteiger partial charge in [-0.05, 0) is 12.8 Å². The van der Waals surface area contributed by atoms with E-state index in [1.807, 2.05) is 0 Å². The van der Waals surface area contributed by atoms with Crippen molar-refractivity contribution in [2.75, 3.05) is 0 Å². The van der Waals surface area contributed by atoms with Gasteiger partial charge in [0.05, 0.1) is 5.55 Å². The van der Waals surface area contributed by atoms with Crippen LogP contribution in [0.3, 0.4) is 0 Å². The Kier molecular flexibility index (Phi) is 1.34. The van der Waals surface area contributed by atoms with Crippen LogP contribution in [0.4, 0.5) is 0 Å². The normalized spacial score (nSPS) is 28.6. The monoisotopic (exact) mass is 155 g/mol. The minimum atomic E-state index is -0.0972. The number of rotatable bonds is 0. The third-order valence-corrected chi connectivity index (χ3v) is 3.49. The van der Waals surface area contributed by atoms with Crippen LogP contribution in [0, 0.1) is 0 Å². The summed E-state index contributed by atoms with van der Waals surface area (Å²) in [7, 11) is 0. The van der Waals surface area contributed by atoms with Gasteiger partial charge in [0.15, 0.2) is 0 Å². The lowest BCUT2D eigenvalue weighted by molar-refractivity contribution is -0.119. The van der Waals surface area contributed by atoms with Crippen molar-refractivity contribution in [3.05, 3.63) is 0 Å². The highest BCUT2D eigenvalue weighted by molar-refractivity contribution is 8.14. The Bertz CT molecular complexity index is 194. The molecule has 0 N–H and O–H groups in total. The quantitative estimate of drug-likeness (QED) is 0.531. The first-order chi connectivity index (χ1) is 4.83. The largest absolute Gasteiger partial charge is 0.271 e. The lowest BCUT2D eigenvalue weighted by Crippen LogP contribution is -2.26. The van der Waals surface area contributed by atoms with Crippen LogP contribution in [-0.4, -0.2) is 16.2 Å². The van der Waals surface area contributed by atoms with Crippen LogP contribution in [0.1, 0.15) is 25.7 Å². The molecular formula is C7H9NOS. The van der Waals surface area contributed by atoms with Crippen molar-refractivity contribution in [1.29, 1.82) is 0 Å². The lowest BCUT2D eigenvalue weighted by atomic mass is 10.1. The zero-order valence-electron chi connectivity index (χ0n) is 5.67. The van der Waals surface area contributed by atoms with Gasteiger partial charge in [-0.15, -0.1) is 0 Å². The second kappa shape index (κ2) is 2.09. The second-order valence-electron chi connectivity index (χ2n) is 2.86. The van der Waals surface area contributed by atoms with Crippen LogP contribution in [0.2, 0.25) is 0 Å². The molecule has 2 aliphatic rings. The number of thioether (sulfide) groups is 1. The number of hydrogen-bond donors (Lipinski definition) is 0. The van der Waals surface area contributed by atoms with Gasteiger partial charge in [-0.3, -0.25) is 4.79 Å². The summed E-state index contributed by atoms with van der Waals surface area (Å²) in [5.41, 5.74) is 1.70. The molecule has 1 fully saturated rings. The van der Waals surface area contributed by atoms with Crippen molar-refractivity contribution in [3.63, 3.8) is 0 Å². The fraction of sp³-hybridized carbons (Fsp3) is 0.714. The Hall–Kier alpha value is -0.310. The van der Waals surface area contributed by atoms with Crippen molar-refractivity contribution >= 4 is 23.2 Å². The fourth-order valence-corrected chi connectivity index (χ4v) is 2.65. The standard InChI is InChI=1S/C7H9NOS/c9-6-7(10-5-8-6)3-1-2-4-7/h5H,1-4H2. The molecule has 1 heterocycles. The zero-order chi connectivity index (χ0) is 7.03. The molecule has 2 nitrogen and oxygen atoms in total. The van der Waals surface area contributed by atoms with Gasteiger partial charge in [-0.2, -0.15) is 0 Å². The van der Waals surface area contributed by atoms with Crippen molar-refractivity contribution in [2.45, 2.75) is 30.4 Å². The van der Waals surface area contributed by atoms with Gasteiger partial charge in [0.2, 0.25) is 0 Å². The number of amides is 1. The molecule has 0 aromatic rings. The van der Waals surface area contributed by atoms with Crippen molar-refractivity contribution < 1.29 is 4.79 Å². The van der Waals surface area contributed by atoms with Gasteiger partial charge < -0.3 is 0 Å². The van der Waals surface area contributed by atoms with Gasteiger partial charge in [0, 0.05) is 0 Å². The van der Waals surface area contributed by atoms with E-state index in [1.165, 1.54) is 12.8 Å². The topological polar surface area (TPSA) is 29.4 Å². The molecule has 10 heavy (non-hydrogen) atoms. The van der Waals surface area contributed by atoms with E-state index < -0.39 is 0 Å². The van der Waals surface area contributed by atoms with Gasteiger partial charge in [0.25, 0.3) is 5.91 Å². The second-order valence-corrected chi connectivity index (χ2v) is 4.09. The van der Waals surface area contributed by atoms with Crippen LogP contribution in [0.25, 0.3) is 0 Å². The summed E-state index contributed by atoms with van der Waals surface area (Å²) >= 11 is 1.62.